The maximum atomic E-state index is 14.8. The lowest BCUT2D eigenvalue weighted by Crippen LogP contribution is -2.24. The molecule has 0 amide bonds. The van der Waals surface area contributed by atoms with Gasteiger partial charge < -0.3 is 20.8 Å². The minimum absolute atomic E-state index is 0.0607. The van der Waals surface area contributed by atoms with Crippen molar-refractivity contribution < 1.29 is 44.3 Å². The maximum Gasteiger partial charge on any atom is 0.423 e. The Hall–Kier alpha value is -4.68. The Bertz CT molecular complexity index is 1730. The fraction of sp³-hybridized carbons (Fsp3) is 0.320. The van der Waals surface area contributed by atoms with Crippen LogP contribution in [0, 0.1) is 11.6 Å². The van der Waals surface area contributed by atoms with Gasteiger partial charge in [-0.2, -0.15) is 27.1 Å². The van der Waals surface area contributed by atoms with E-state index in [1.807, 2.05) is 0 Å². The molecule has 0 aliphatic heterocycles. The molecule has 4 aromatic rings. The molecule has 3 heterocycles. The number of nitrogens with zero attached hydrogens (tertiary/aromatic N) is 4. The van der Waals surface area contributed by atoms with E-state index in [0.29, 0.717) is 19.3 Å². The van der Waals surface area contributed by atoms with Crippen molar-refractivity contribution in [2.24, 2.45) is 0 Å². The van der Waals surface area contributed by atoms with E-state index in [4.69, 9.17) is 11.5 Å². The predicted molar refractivity (Wildman–Crippen MR) is 139 cm³/mol. The highest BCUT2D eigenvalue weighted by atomic mass is 19.4. The molecule has 44 heavy (non-hydrogen) atoms. The van der Waals surface area contributed by atoms with E-state index in [2.05, 4.69) is 19.8 Å². The summed E-state index contributed by atoms with van der Waals surface area (Å²) in [6, 6.07) is 2.53. The molecule has 10 nitrogen and oxygen atoms in total. The Morgan fingerprint density at radius 3 is 2.27 bits per heavy atom. The number of nitrogen functional groups attached to an aromatic ring is 2. The van der Waals surface area contributed by atoms with Crippen molar-refractivity contribution in [1.29, 1.82) is 0 Å². The Kier molecular flexibility index (Phi) is 10.9. The predicted octanol–water partition coefficient (Wildman–Crippen LogP) is 5.04. The summed E-state index contributed by atoms with van der Waals surface area (Å²) >= 11 is 0. The topological polar surface area (TPSA) is 155 Å². The number of alkyl halides is 7. The zero-order chi connectivity index (χ0) is 32.8. The fourth-order valence-corrected chi connectivity index (χ4v) is 3.85. The Balaban J connectivity index is 0.000000369. The van der Waals surface area contributed by atoms with Crippen LogP contribution in [-0.4, -0.2) is 38.0 Å². The number of nitrogens with one attached hydrogen (secondary N) is 1. The minimum atomic E-state index is -4.74. The Labute approximate surface area is 240 Å². The number of unbranched alkanes of at least 4 members (excludes halogenated alkanes) is 2. The summed E-state index contributed by atoms with van der Waals surface area (Å²) in [5.41, 5.74) is 5.10. The van der Waals surface area contributed by atoms with E-state index in [1.165, 1.54) is 16.8 Å². The maximum absolute atomic E-state index is 14.8. The summed E-state index contributed by atoms with van der Waals surface area (Å²) < 4.78 is 120. The number of H-pyrrole nitrogens is 1. The van der Waals surface area contributed by atoms with Crippen LogP contribution in [0.4, 0.5) is 51.0 Å². The molecule has 0 fully saturated rings. The molecule has 0 radical (unpaired) electrons. The van der Waals surface area contributed by atoms with Gasteiger partial charge in [0.25, 0.3) is 17.5 Å². The lowest BCUT2D eigenvalue weighted by molar-refractivity contribution is -0.138. The van der Waals surface area contributed by atoms with E-state index in [0.717, 1.165) is 18.5 Å². The fourth-order valence-electron chi connectivity index (χ4n) is 3.85. The Morgan fingerprint density at radius 1 is 1.00 bits per heavy atom. The summed E-state index contributed by atoms with van der Waals surface area (Å²) in [6.07, 6.45) is -3.54. The number of aromatic amines is 1. The van der Waals surface area contributed by atoms with Gasteiger partial charge in [-0.1, -0.05) is 0 Å². The minimum Gasteiger partial charge on any atom is -0.397 e. The molecule has 19 heteroatoms. The van der Waals surface area contributed by atoms with Gasteiger partial charge in [0, 0.05) is 18.9 Å². The van der Waals surface area contributed by atoms with Gasteiger partial charge in [0.1, 0.15) is 11.4 Å². The highest BCUT2D eigenvalue weighted by Gasteiger charge is 2.36. The van der Waals surface area contributed by atoms with Crippen LogP contribution in [0.2, 0.25) is 0 Å². The summed E-state index contributed by atoms with van der Waals surface area (Å²) in [4.78, 5) is 30.5. The summed E-state index contributed by atoms with van der Waals surface area (Å²) in [5.74, 6) is -3.82. The van der Waals surface area contributed by atoms with Gasteiger partial charge in [0.05, 0.1) is 35.0 Å². The molecular weight excluding hydrogens is 617 g/mol. The van der Waals surface area contributed by atoms with Gasteiger partial charge in [-0.25, -0.2) is 32.6 Å². The largest absolute Gasteiger partial charge is 0.423 e. The molecule has 0 unspecified atom stereocenters. The summed E-state index contributed by atoms with van der Waals surface area (Å²) in [7, 11) is 0. The van der Waals surface area contributed by atoms with Crippen LogP contribution in [0.5, 0.6) is 0 Å². The van der Waals surface area contributed by atoms with Crippen LogP contribution in [0.25, 0.3) is 22.2 Å². The number of fused-ring (bicyclic) bond motifs is 1. The smallest absolute Gasteiger partial charge is 0.397 e. The first-order chi connectivity index (χ1) is 20.6. The van der Waals surface area contributed by atoms with Gasteiger partial charge in [-0.15, -0.1) is 0 Å². The molecule has 1 aromatic carbocycles. The molecule has 0 saturated carbocycles. The zero-order valence-corrected chi connectivity index (χ0v) is 22.1. The third-order valence-corrected chi connectivity index (χ3v) is 5.93. The number of aryl methyl sites for hydroxylation is 1. The van der Waals surface area contributed by atoms with Crippen molar-refractivity contribution in [2.45, 2.75) is 45.0 Å². The number of nitrogens with two attached hydrogens (primary N) is 2. The first kappa shape index (κ1) is 33.8. The molecule has 0 bridgehead atoms. The average Bonchev–Trinajstić information content (AvgIpc) is 2.92. The molecule has 3 aromatic heterocycles. The second kappa shape index (κ2) is 14.2. The summed E-state index contributed by atoms with van der Waals surface area (Å²) in [5, 5.41) is 4.30. The number of rotatable bonds is 9. The molecular formula is C25H22F9N7O3. The van der Waals surface area contributed by atoms with Gasteiger partial charge in [0.2, 0.25) is 0 Å². The van der Waals surface area contributed by atoms with Crippen molar-refractivity contribution in [2.75, 3.05) is 18.1 Å². The van der Waals surface area contributed by atoms with Crippen molar-refractivity contribution in [3.05, 3.63) is 74.2 Å². The van der Waals surface area contributed by atoms with E-state index in [9.17, 15) is 49.1 Å². The first-order valence-corrected chi connectivity index (χ1v) is 12.4. The normalized spacial score (nSPS) is 11.7. The summed E-state index contributed by atoms with van der Waals surface area (Å²) in [6.45, 7) is -2.80. The average molecular weight is 639 g/mol. The Morgan fingerprint density at radius 2 is 1.70 bits per heavy atom. The van der Waals surface area contributed by atoms with E-state index < -0.39 is 81.4 Å². The van der Waals surface area contributed by atoms with Crippen LogP contribution in [0.1, 0.15) is 36.8 Å². The van der Waals surface area contributed by atoms with Crippen LogP contribution >= 0.6 is 0 Å². The number of anilines is 2. The number of aromatic nitrogens is 5. The third kappa shape index (κ3) is 8.03. The van der Waals surface area contributed by atoms with Gasteiger partial charge in [-0.05, 0) is 36.8 Å². The molecule has 5 N–H and O–H groups in total. The highest BCUT2D eigenvalue weighted by molar-refractivity contribution is 5.86. The van der Waals surface area contributed by atoms with Crippen LogP contribution < -0.4 is 22.6 Å². The number of benzene rings is 1. The second-order valence-corrected chi connectivity index (χ2v) is 8.88. The SMILES string of the molecule is Nc1cn[nH]c(=O)c1C(F)(F)F.Nc1nc(-c2cc3ccn(CCCCCOC(F)F)c(=O)c3c(F)c2F)ncc1C(F)F. The first-order valence-electron chi connectivity index (χ1n) is 12.4. The monoisotopic (exact) mass is 639 g/mol. The van der Waals surface area contributed by atoms with Crippen molar-refractivity contribution in [3.8, 4) is 11.4 Å². The number of ether oxygens (including phenoxy) is 1. The molecule has 0 saturated heterocycles. The van der Waals surface area contributed by atoms with Gasteiger partial charge in [0.15, 0.2) is 17.5 Å². The van der Waals surface area contributed by atoms with Crippen molar-refractivity contribution in [3.63, 3.8) is 0 Å². The number of hydrogen-bond acceptors (Lipinski definition) is 8. The molecule has 0 aliphatic carbocycles. The van der Waals surface area contributed by atoms with E-state index in [1.54, 1.807) is 5.10 Å². The number of hydrogen-bond donors (Lipinski definition) is 3. The number of pyridine rings is 1. The lowest BCUT2D eigenvalue weighted by atomic mass is 10.1. The van der Waals surface area contributed by atoms with Crippen molar-refractivity contribution in [1.82, 2.24) is 24.7 Å². The van der Waals surface area contributed by atoms with Crippen LogP contribution in [-0.2, 0) is 17.5 Å². The second-order valence-electron chi connectivity index (χ2n) is 8.88. The van der Waals surface area contributed by atoms with E-state index in [-0.39, 0.29) is 18.5 Å². The van der Waals surface area contributed by atoms with Crippen LogP contribution in [0.3, 0.4) is 0 Å². The standard InChI is InChI=1S/C20H18F6N4O2.C5H4F3N3O/c21-14-11(18-28-9-12(16(23)24)17(27)29-18)8-10-4-6-30(19(31)13(10)15(14)22)5-2-1-3-7-32-20(25)26;6-5(7,8)3-2(9)1-10-11-4(3)12/h4,6,8-9,16,20H,1-3,5,7H2,(H2,27,28,29);1H,(H3,9,11,12). The van der Waals surface area contributed by atoms with Crippen molar-refractivity contribution >= 4 is 22.3 Å². The van der Waals surface area contributed by atoms with Gasteiger partial charge in [-0.3, -0.25) is 9.59 Å². The van der Waals surface area contributed by atoms with Crippen LogP contribution in [0.15, 0.2) is 40.3 Å². The zero-order valence-electron chi connectivity index (χ0n) is 22.1. The van der Waals surface area contributed by atoms with Gasteiger partial charge >= 0.3 is 12.8 Å². The van der Waals surface area contributed by atoms with E-state index >= 15 is 0 Å². The lowest BCUT2D eigenvalue weighted by Gasteiger charge is -2.11. The molecule has 4 rings (SSSR count). The molecule has 0 atom stereocenters. The molecule has 0 aliphatic rings. The quantitative estimate of drug-likeness (QED) is 0.170. The number of halogens is 9. The molecule has 238 valence electrons. The highest BCUT2D eigenvalue weighted by Crippen LogP contribution is 2.31. The molecule has 0 spiro atoms. The third-order valence-electron chi connectivity index (χ3n) is 5.93.